The molecule has 1 heterocycles. The summed E-state index contributed by atoms with van der Waals surface area (Å²) in [7, 11) is 0. The van der Waals surface area contributed by atoms with Gasteiger partial charge in [-0.1, -0.05) is 22.9 Å². The maximum absolute atomic E-state index is 4.36. The van der Waals surface area contributed by atoms with Crippen LogP contribution in [0.25, 0.3) is 0 Å². The molecule has 4 heteroatoms. The van der Waals surface area contributed by atoms with E-state index < -0.39 is 0 Å². The van der Waals surface area contributed by atoms with Gasteiger partial charge in [-0.2, -0.15) is 5.10 Å². The van der Waals surface area contributed by atoms with Crippen LogP contribution in [0.15, 0.2) is 6.33 Å². The van der Waals surface area contributed by atoms with Crippen LogP contribution in [-0.4, -0.2) is 20.1 Å². The van der Waals surface area contributed by atoms with Gasteiger partial charge < -0.3 is 0 Å². The molecular formula is C11H18BrN3. The average molecular weight is 272 g/mol. The van der Waals surface area contributed by atoms with Crippen molar-refractivity contribution >= 4 is 15.9 Å². The third-order valence-corrected chi connectivity index (χ3v) is 4.71. The Morgan fingerprint density at radius 1 is 1.60 bits per heavy atom. The average Bonchev–Trinajstić information content (AvgIpc) is 3.01. The number of rotatable bonds is 5. The first-order valence-corrected chi connectivity index (χ1v) is 6.74. The molecule has 0 spiro atoms. The molecule has 0 N–H and O–H groups in total. The number of aromatic nitrogens is 3. The largest absolute Gasteiger partial charge is 0.250 e. The van der Waals surface area contributed by atoms with E-state index in [2.05, 4.69) is 39.9 Å². The zero-order valence-corrected chi connectivity index (χ0v) is 11.0. The fraction of sp³-hybridized carbons (Fsp3) is 0.818. The van der Waals surface area contributed by atoms with E-state index in [9.17, 15) is 0 Å². The Morgan fingerprint density at radius 3 is 2.87 bits per heavy atom. The minimum atomic E-state index is 0.361. The van der Waals surface area contributed by atoms with Crippen LogP contribution in [-0.2, 0) is 13.0 Å². The Labute approximate surface area is 99.4 Å². The summed E-state index contributed by atoms with van der Waals surface area (Å²) in [6.07, 6.45) is 5.46. The normalized spacial score (nSPS) is 20.2. The smallest absolute Gasteiger partial charge is 0.138 e. The predicted octanol–water partition coefficient (Wildman–Crippen LogP) is 2.65. The first kappa shape index (κ1) is 11.1. The van der Waals surface area contributed by atoms with Crippen molar-refractivity contribution in [2.45, 2.75) is 39.7 Å². The highest BCUT2D eigenvalue weighted by Crippen LogP contribution is 2.48. The lowest BCUT2D eigenvalue weighted by Gasteiger charge is -2.26. The zero-order valence-electron chi connectivity index (χ0n) is 9.41. The lowest BCUT2D eigenvalue weighted by atomic mass is 9.83. The van der Waals surface area contributed by atoms with Crippen molar-refractivity contribution in [1.82, 2.24) is 14.8 Å². The molecule has 1 saturated carbocycles. The van der Waals surface area contributed by atoms with E-state index in [1.54, 1.807) is 6.33 Å². The molecule has 1 unspecified atom stereocenters. The summed E-state index contributed by atoms with van der Waals surface area (Å²) < 4.78 is 2.00. The molecule has 1 aliphatic carbocycles. The molecule has 3 nitrogen and oxygen atoms in total. The molecule has 0 radical (unpaired) electrons. The third kappa shape index (κ3) is 2.25. The Kier molecular flexibility index (Phi) is 3.14. The fourth-order valence-corrected chi connectivity index (χ4v) is 2.79. The van der Waals surface area contributed by atoms with E-state index in [4.69, 9.17) is 0 Å². The van der Waals surface area contributed by atoms with Crippen molar-refractivity contribution in [2.24, 2.45) is 11.3 Å². The molecule has 15 heavy (non-hydrogen) atoms. The fourth-order valence-electron chi connectivity index (χ4n) is 2.13. The van der Waals surface area contributed by atoms with E-state index in [0.29, 0.717) is 5.41 Å². The highest BCUT2D eigenvalue weighted by atomic mass is 79.9. The van der Waals surface area contributed by atoms with Crippen LogP contribution >= 0.6 is 15.9 Å². The first-order chi connectivity index (χ1) is 7.19. The standard InChI is InChI=1S/C11H18BrN3/c1-3-15-10(13-8-14-15)6-11(2,7-12)9-4-5-9/h8-9H,3-7H2,1-2H3. The van der Waals surface area contributed by atoms with E-state index >= 15 is 0 Å². The molecular weight excluding hydrogens is 254 g/mol. The second-order valence-corrected chi connectivity index (χ2v) is 5.29. The molecule has 2 rings (SSSR count). The number of hydrogen-bond donors (Lipinski definition) is 0. The second kappa shape index (κ2) is 4.24. The van der Waals surface area contributed by atoms with Gasteiger partial charge in [0, 0.05) is 18.3 Å². The molecule has 1 aromatic rings. The van der Waals surface area contributed by atoms with Gasteiger partial charge in [-0.05, 0) is 31.1 Å². The highest BCUT2D eigenvalue weighted by Gasteiger charge is 2.41. The summed E-state index contributed by atoms with van der Waals surface area (Å²) in [6, 6.07) is 0. The summed E-state index contributed by atoms with van der Waals surface area (Å²) >= 11 is 3.65. The van der Waals surface area contributed by atoms with Crippen molar-refractivity contribution in [3.8, 4) is 0 Å². The molecule has 1 aliphatic rings. The van der Waals surface area contributed by atoms with Crippen molar-refractivity contribution in [2.75, 3.05) is 5.33 Å². The van der Waals surface area contributed by atoms with Crippen LogP contribution in [0, 0.1) is 11.3 Å². The summed E-state index contributed by atoms with van der Waals surface area (Å²) in [5.74, 6) is 2.00. The van der Waals surface area contributed by atoms with Crippen LogP contribution in [0.1, 0.15) is 32.5 Å². The van der Waals surface area contributed by atoms with Gasteiger partial charge in [0.15, 0.2) is 0 Å². The number of hydrogen-bond acceptors (Lipinski definition) is 2. The van der Waals surface area contributed by atoms with Gasteiger partial charge in [-0.3, -0.25) is 4.68 Å². The lowest BCUT2D eigenvalue weighted by Crippen LogP contribution is -2.26. The summed E-state index contributed by atoms with van der Waals surface area (Å²) in [4.78, 5) is 4.36. The zero-order chi connectivity index (χ0) is 10.9. The Bertz CT molecular complexity index is 332. The van der Waals surface area contributed by atoms with Gasteiger partial charge in [0.2, 0.25) is 0 Å². The minimum Gasteiger partial charge on any atom is -0.250 e. The number of alkyl halides is 1. The van der Waals surface area contributed by atoms with Crippen LogP contribution < -0.4 is 0 Å². The maximum Gasteiger partial charge on any atom is 0.138 e. The molecule has 0 saturated heterocycles. The van der Waals surface area contributed by atoms with Gasteiger partial charge in [0.25, 0.3) is 0 Å². The Hall–Kier alpha value is -0.380. The third-order valence-electron chi connectivity index (χ3n) is 3.43. The topological polar surface area (TPSA) is 30.7 Å². The number of halogens is 1. The van der Waals surface area contributed by atoms with Crippen LogP contribution in [0.4, 0.5) is 0 Å². The number of nitrogens with zero attached hydrogens (tertiary/aromatic N) is 3. The molecule has 0 aromatic carbocycles. The summed E-state index contributed by atoms with van der Waals surface area (Å²) in [5, 5.41) is 5.28. The molecule has 1 aromatic heterocycles. The minimum absolute atomic E-state index is 0.361. The predicted molar refractivity (Wildman–Crippen MR) is 64.0 cm³/mol. The monoisotopic (exact) mass is 271 g/mol. The molecule has 1 atom stereocenters. The van der Waals surface area contributed by atoms with Crippen LogP contribution in [0.2, 0.25) is 0 Å². The van der Waals surface area contributed by atoms with Crippen LogP contribution in [0.5, 0.6) is 0 Å². The van der Waals surface area contributed by atoms with Crippen molar-refractivity contribution in [3.63, 3.8) is 0 Å². The maximum atomic E-state index is 4.36. The van der Waals surface area contributed by atoms with Crippen molar-refractivity contribution < 1.29 is 0 Å². The quantitative estimate of drug-likeness (QED) is 0.771. The van der Waals surface area contributed by atoms with Crippen molar-refractivity contribution in [3.05, 3.63) is 12.2 Å². The molecule has 0 aliphatic heterocycles. The molecule has 0 bridgehead atoms. The molecule has 0 amide bonds. The van der Waals surface area contributed by atoms with Gasteiger partial charge in [0.05, 0.1) is 0 Å². The van der Waals surface area contributed by atoms with Gasteiger partial charge in [0.1, 0.15) is 12.2 Å². The Balaban J connectivity index is 2.12. The van der Waals surface area contributed by atoms with Gasteiger partial charge >= 0.3 is 0 Å². The van der Waals surface area contributed by atoms with Gasteiger partial charge in [-0.25, -0.2) is 4.98 Å². The first-order valence-electron chi connectivity index (χ1n) is 5.62. The summed E-state index contributed by atoms with van der Waals surface area (Å²) in [6.45, 7) is 5.38. The van der Waals surface area contributed by atoms with E-state index in [1.807, 2.05) is 4.68 Å². The Morgan fingerprint density at radius 2 is 2.33 bits per heavy atom. The van der Waals surface area contributed by atoms with E-state index in [0.717, 1.165) is 30.0 Å². The molecule has 1 fully saturated rings. The SMILES string of the molecule is CCn1ncnc1CC(C)(CBr)C1CC1. The van der Waals surface area contributed by atoms with E-state index in [-0.39, 0.29) is 0 Å². The second-order valence-electron chi connectivity index (χ2n) is 4.73. The van der Waals surface area contributed by atoms with Crippen molar-refractivity contribution in [1.29, 1.82) is 0 Å². The molecule has 84 valence electrons. The van der Waals surface area contributed by atoms with Crippen LogP contribution in [0.3, 0.4) is 0 Å². The van der Waals surface area contributed by atoms with E-state index in [1.165, 1.54) is 12.8 Å². The highest BCUT2D eigenvalue weighted by molar-refractivity contribution is 9.09. The van der Waals surface area contributed by atoms with Gasteiger partial charge in [-0.15, -0.1) is 0 Å². The lowest BCUT2D eigenvalue weighted by molar-refractivity contribution is 0.305. The number of aryl methyl sites for hydroxylation is 1. The summed E-state index contributed by atoms with van der Waals surface area (Å²) in [5.41, 5.74) is 0.361.